The van der Waals surface area contributed by atoms with E-state index < -0.39 is 0 Å². The number of fused-ring (bicyclic) bond motifs is 4. The van der Waals surface area contributed by atoms with Gasteiger partial charge in [-0.15, -0.1) is 22.7 Å². The highest BCUT2D eigenvalue weighted by Gasteiger charge is 2.14. The van der Waals surface area contributed by atoms with Gasteiger partial charge in [0.2, 0.25) is 0 Å². The summed E-state index contributed by atoms with van der Waals surface area (Å²) in [4.78, 5) is 17.9. The zero-order valence-corrected chi connectivity index (χ0v) is 22.6. The van der Waals surface area contributed by atoms with Crippen molar-refractivity contribution in [3.05, 3.63) is 119 Å². The van der Waals surface area contributed by atoms with Gasteiger partial charge in [-0.05, 0) is 62.4 Å². The van der Waals surface area contributed by atoms with E-state index in [2.05, 4.69) is 121 Å². The van der Waals surface area contributed by atoms with Gasteiger partial charge in [0.05, 0.1) is 52.2 Å². The molecule has 0 fully saturated rings. The van der Waals surface area contributed by atoms with Crippen molar-refractivity contribution in [2.45, 2.75) is 13.8 Å². The largest absolute Gasteiger partial charge is 0.351 e. The number of nitrogens with zero attached hydrogens (tertiary/aromatic N) is 2. The Morgan fingerprint density at radius 1 is 0.500 bits per heavy atom. The van der Waals surface area contributed by atoms with E-state index in [4.69, 9.17) is 9.98 Å². The van der Waals surface area contributed by atoms with Crippen LogP contribution >= 0.6 is 22.7 Å². The minimum atomic E-state index is 0.924. The van der Waals surface area contributed by atoms with Gasteiger partial charge < -0.3 is 9.97 Å². The van der Waals surface area contributed by atoms with Gasteiger partial charge in [0.1, 0.15) is 10.7 Å². The first-order chi connectivity index (χ1) is 18.6. The number of rotatable bonds is 2. The zero-order valence-electron chi connectivity index (χ0n) is 20.9. The van der Waals surface area contributed by atoms with E-state index >= 15 is 0 Å². The van der Waals surface area contributed by atoms with E-state index in [0.29, 0.717) is 0 Å². The van der Waals surface area contributed by atoms with Gasteiger partial charge >= 0.3 is 0 Å². The molecule has 0 atom stereocenters. The molecule has 2 aromatic heterocycles. The highest BCUT2D eigenvalue weighted by molar-refractivity contribution is 7.25. The number of H-pyrrole nitrogens is 2. The van der Waals surface area contributed by atoms with Crippen molar-refractivity contribution in [1.29, 1.82) is 0 Å². The minimum Gasteiger partial charge on any atom is -0.351 e. The quantitative estimate of drug-likeness (QED) is 0.211. The van der Waals surface area contributed by atoms with Gasteiger partial charge in [-0.25, -0.2) is 9.98 Å². The monoisotopic (exact) mass is 528 g/mol. The van der Waals surface area contributed by atoms with Crippen LogP contribution in [0, 0.1) is 13.8 Å². The Morgan fingerprint density at radius 3 is 1.32 bits per heavy atom. The first-order valence-corrected chi connectivity index (χ1v) is 14.1. The molecule has 0 spiro atoms. The number of nitrogens with one attached hydrogen (secondary N) is 2. The van der Waals surface area contributed by atoms with E-state index in [1.807, 2.05) is 0 Å². The zero-order chi connectivity index (χ0) is 25.6. The number of hydrogen-bond acceptors (Lipinski definition) is 4. The lowest BCUT2D eigenvalue weighted by Crippen LogP contribution is -2.16. The van der Waals surface area contributed by atoms with E-state index in [9.17, 15) is 0 Å². The molecule has 7 rings (SSSR count). The molecule has 4 nitrogen and oxygen atoms in total. The average Bonchev–Trinajstić information content (AvgIpc) is 2.95. The van der Waals surface area contributed by atoms with Crippen LogP contribution in [0.5, 0.6) is 0 Å². The second-order valence-corrected chi connectivity index (χ2v) is 11.6. The van der Waals surface area contributed by atoms with E-state index in [0.717, 1.165) is 53.6 Å². The summed E-state index contributed by atoms with van der Waals surface area (Å²) >= 11 is 3.49. The topological polar surface area (TPSA) is 56.3 Å². The normalized spacial score (nSPS) is 12.8. The third kappa shape index (κ3) is 4.08. The lowest BCUT2D eigenvalue weighted by molar-refractivity contribution is 1.32. The summed E-state index contributed by atoms with van der Waals surface area (Å²) in [5.41, 5.74) is 8.43. The van der Waals surface area contributed by atoms with Crippen LogP contribution in [0.3, 0.4) is 0 Å². The first kappa shape index (κ1) is 22.9. The average molecular weight is 529 g/mol. The number of para-hydroxylation sites is 2. The fraction of sp³-hybridized carbons (Fsp3) is 0.0625. The Morgan fingerprint density at radius 2 is 0.895 bits per heavy atom. The third-order valence-corrected chi connectivity index (χ3v) is 8.98. The predicted octanol–water partition coefficient (Wildman–Crippen LogP) is 8.72. The Labute approximate surface area is 227 Å². The number of aryl methyl sites for hydroxylation is 2. The number of hydrogen-bond donors (Lipinski definition) is 2. The highest BCUT2D eigenvalue weighted by Crippen LogP contribution is 2.28. The van der Waals surface area contributed by atoms with Crippen molar-refractivity contribution in [1.82, 2.24) is 9.97 Å². The van der Waals surface area contributed by atoms with Gasteiger partial charge in [-0.3, -0.25) is 0 Å². The summed E-state index contributed by atoms with van der Waals surface area (Å²) in [5.74, 6) is 0. The van der Waals surface area contributed by atoms with Crippen LogP contribution in [0.25, 0.3) is 40.9 Å². The van der Waals surface area contributed by atoms with Gasteiger partial charge in [-0.2, -0.15) is 0 Å². The first-order valence-electron chi connectivity index (χ1n) is 12.5. The lowest BCUT2D eigenvalue weighted by atomic mass is 10.2. The molecule has 7 aromatic rings. The summed E-state index contributed by atoms with van der Waals surface area (Å²) in [6.45, 7) is 4.20. The van der Waals surface area contributed by atoms with Crippen molar-refractivity contribution in [3.63, 3.8) is 0 Å². The minimum absolute atomic E-state index is 0.924. The van der Waals surface area contributed by atoms with Crippen LogP contribution in [-0.4, -0.2) is 9.97 Å². The molecule has 38 heavy (non-hydrogen) atoms. The lowest BCUT2D eigenvalue weighted by Gasteiger charge is -2.10. The van der Waals surface area contributed by atoms with Crippen LogP contribution in [-0.2, 0) is 0 Å². The Kier molecular flexibility index (Phi) is 5.57. The van der Waals surface area contributed by atoms with Crippen molar-refractivity contribution < 1.29 is 0 Å². The molecule has 0 aliphatic heterocycles. The van der Waals surface area contributed by atoms with Gasteiger partial charge in [0, 0.05) is 0 Å². The van der Waals surface area contributed by atoms with Crippen molar-refractivity contribution in [3.8, 4) is 0 Å². The van der Waals surface area contributed by atoms with Crippen molar-refractivity contribution >= 4 is 74.9 Å². The molecule has 0 aliphatic rings. The summed E-state index contributed by atoms with van der Waals surface area (Å²) < 4.78 is 4.48. The molecule has 0 bridgehead atoms. The molecule has 2 N–H and O–H groups in total. The molecular formula is C32H24N4S2. The third-order valence-electron chi connectivity index (χ3n) is 6.63. The molecule has 0 saturated carbocycles. The molecule has 2 heterocycles. The van der Waals surface area contributed by atoms with Gasteiger partial charge in [0.25, 0.3) is 0 Å². The number of benzene rings is 5. The second kappa shape index (κ2) is 9.24. The summed E-state index contributed by atoms with van der Waals surface area (Å²) in [5, 5.41) is 1.85. The molecule has 5 aromatic carbocycles. The molecule has 0 aliphatic carbocycles. The van der Waals surface area contributed by atoms with Crippen LogP contribution < -0.4 is 10.7 Å². The van der Waals surface area contributed by atoms with Crippen molar-refractivity contribution in [2.75, 3.05) is 0 Å². The maximum atomic E-state index is 5.24. The van der Waals surface area contributed by atoms with Crippen LogP contribution in [0.1, 0.15) is 11.1 Å². The second-order valence-electron chi connectivity index (χ2n) is 9.45. The Balaban J connectivity index is 1.74. The maximum absolute atomic E-state index is 5.24. The van der Waals surface area contributed by atoms with E-state index in [1.54, 1.807) is 22.7 Å². The fourth-order valence-electron chi connectivity index (χ4n) is 4.63. The summed E-state index contributed by atoms with van der Waals surface area (Å²) in [7, 11) is 0. The number of aromatic nitrogens is 2. The van der Waals surface area contributed by atoms with Crippen LogP contribution in [0.2, 0.25) is 0 Å². The molecule has 184 valence electrons. The SMILES string of the molecule is Cc1ccc(N=c2c3[nH]c4ccccc4sc3c(=Nc3ccc(C)cc3)c3[nH]c4ccccc4sc23)cc1. The van der Waals surface area contributed by atoms with Crippen molar-refractivity contribution in [2.24, 2.45) is 9.98 Å². The van der Waals surface area contributed by atoms with E-state index in [1.165, 1.54) is 20.5 Å². The molecule has 0 unspecified atom stereocenters. The smallest absolute Gasteiger partial charge is 0.108 e. The molecule has 0 saturated heterocycles. The highest BCUT2D eigenvalue weighted by atomic mass is 32.1. The molecule has 0 amide bonds. The van der Waals surface area contributed by atoms with E-state index in [-0.39, 0.29) is 0 Å². The Bertz CT molecular complexity index is 1880. The summed E-state index contributed by atoms with van der Waals surface area (Å²) in [6, 6.07) is 33.6. The maximum Gasteiger partial charge on any atom is 0.108 e. The fourth-order valence-corrected chi connectivity index (χ4v) is 6.81. The summed E-state index contributed by atoms with van der Waals surface area (Å²) in [6.07, 6.45) is 0. The number of aromatic amines is 2. The predicted molar refractivity (Wildman–Crippen MR) is 163 cm³/mol. The Hall–Kier alpha value is -4.26. The van der Waals surface area contributed by atoms with Gasteiger partial charge in [0.15, 0.2) is 0 Å². The molecule has 0 radical (unpaired) electrons. The van der Waals surface area contributed by atoms with Gasteiger partial charge in [-0.1, -0.05) is 59.7 Å². The molecular weight excluding hydrogens is 505 g/mol. The molecule has 6 heteroatoms. The van der Waals surface area contributed by atoms with Crippen LogP contribution in [0.4, 0.5) is 11.4 Å². The van der Waals surface area contributed by atoms with Crippen LogP contribution in [0.15, 0.2) is 107 Å². The standard InChI is InChI=1S/C32H24N4S2/c1-19-11-15-21(16-12-19)33-27-29-32(38-26-10-6-3-7-23(26)35-29)28(34-22-17-13-20(2)14-18-22)30-31(27)37-25-9-5-4-8-24(25)36-30/h3-18,35-36H,1-2H3.